The third kappa shape index (κ3) is 2.62. The molecule has 126 valence electrons. The molecular formula is C17H17N2O4S-. The molecule has 0 unspecified atom stereocenters. The number of anilines is 1. The number of carboxylic acids is 1. The van der Waals surface area contributed by atoms with E-state index in [-0.39, 0.29) is 29.7 Å². The van der Waals surface area contributed by atoms with Gasteiger partial charge < -0.3 is 20.5 Å². The summed E-state index contributed by atoms with van der Waals surface area (Å²) in [5.41, 5.74) is 0.434. The molecule has 0 aliphatic heterocycles. The molecule has 2 amide bonds. The topological polar surface area (TPSA) is 98.3 Å². The van der Waals surface area contributed by atoms with Gasteiger partial charge in [-0.05, 0) is 42.5 Å². The maximum absolute atomic E-state index is 12.7. The van der Waals surface area contributed by atoms with E-state index in [0.29, 0.717) is 17.0 Å². The molecule has 0 spiro atoms. The summed E-state index contributed by atoms with van der Waals surface area (Å²) >= 11 is 1.27. The van der Waals surface area contributed by atoms with Crippen molar-refractivity contribution in [3.05, 3.63) is 29.2 Å². The molecular weight excluding hydrogens is 328 g/mol. The van der Waals surface area contributed by atoms with Crippen molar-refractivity contribution >= 4 is 34.1 Å². The molecule has 0 saturated heterocycles. The van der Waals surface area contributed by atoms with Gasteiger partial charge in [0.15, 0.2) is 0 Å². The average molecular weight is 345 g/mol. The maximum atomic E-state index is 12.7. The fourth-order valence-corrected chi connectivity index (χ4v) is 4.56. The number of carbonyl (C=O) groups is 3. The Kier molecular flexibility index (Phi) is 3.68. The highest BCUT2D eigenvalue weighted by Crippen LogP contribution is 2.48. The van der Waals surface area contributed by atoms with Crippen LogP contribution in [0, 0.1) is 23.7 Å². The minimum Gasteiger partial charge on any atom is -0.550 e. The van der Waals surface area contributed by atoms with E-state index in [1.807, 2.05) is 12.2 Å². The minimum absolute atomic E-state index is 0.0680. The van der Waals surface area contributed by atoms with Gasteiger partial charge in [-0.3, -0.25) is 9.59 Å². The number of hydrogen-bond donors (Lipinski definition) is 2. The molecule has 1 heterocycles. The number of amides is 2. The molecule has 0 radical (unpaired) electrons. The van der Waals surface area contributed by atoms with Gasteiger partial charge in [0.1, 0.15) is 5.00 Å². The number of carboxylic acid groups (broad SMARTS) is 1. The predicted molar refractivity (Wildman–Crippen MR) is 86.2 cm³/mol. The Balaban J connectivity index is 1.50. The number of aliphatic carboxylic acids is 1. The van der Waals surface area contributed by atoms with Gasteiger partial charge in [0.2, 0.25) is 5.91 Å². The number of carbonyl (C=O) groups excluding carboxylic acids is 3. The normalized spacial score (nSPS) is 30.3. The van der Waals surface area contributed by atoms with E-state index < -0.39 is 17.8 Å². The lowest BCUT2D eigenvalue weighted by atomic mass is 9.82. The van der Waals surface area contributed by atoms with Crippen LogP contribution in [0.1, 0.15) is 29.6 Å². The van der Waals surface area contributed by atoms with Crippen molar-refractivity contribution in [1.29, 1.82) is 0 Å². The average Bonchev–Trinajstić information content (AvgIpc) is 2.98. The molecule has 2 saturated carbocycles. The summed E-state index contributed by atoms with van der Waals surface area (Å²) in [4.78, 5) is 36.3. The van der Waals surface area contributed by atoms with E-state index in [9.17, 15) is 19.5 Å². The second kappa shape index (κ2) is 5.73. The summed E-state index contributed by atoms with van der Waals surface area (Å²) in [6.07, 6.45) is 6.44. The molecule has 0 aromatic carbocycles. The minimum atomic E-state index is -1.18. The van der Waals surface area contributed by atoms with Crippen molar-refractivity contribution in [2.75, 3.05) is 5.32 Å². The van der Waals surface area contributed by atoms with E-state index in [2.05, 4.69) is 10.6 Å². The molecule has 7 heteroatoms. The molecule has 2 N–H and O–H groups in total. The van der Waals surface area contributed by atoms with Crippen LogP contribution in [0.15, 0.2) is 23.6 Å². The molecule has 2 bridgehead atoms. The molecule has 3 aliphatic rings. The summed E-state index contributed by atoms with van der Waals surface area (Å²) in [5, 5.41) is 19.3. The molecule has 2 fully saturated rings. The maximum Gasteiger partial charge on any atom is 0.254 e. The summed E-state index contributed by atoms with van der Waals surface area (Å²) in [5.74, 6) is -3.33. The molecule has 4 atom stereocenters. The van der Waals surface area contributed by atoms with Gasteiger partial charge in [-0.1, -0.05) is 12.2 Å². The summed E-state index contributed by atoms with van der Waals surface area (Å²) < 4.78 is 0. The number of rotatable bonds is 5. The zero-order valence-corrected chi connectivity index (χ0v) is 13.7. The van der Waals surface area contributed by atoms with E-state index in [1.54, 1.807) is 11.4 Å². The second-order valence-corrected chi connectivity index (χ2v) is 7.64. The lowest BCUT2D eigenvalue weighted by Crippen LogP contribution is -2.43. The van der Waals surface area contributed by atoms with E-state index in [4.69, 9.17) is 0 Å². The number of nitrogens with one attached hydrogen (secondary N) is 2. The standard InChI is InChI=1S/C17H18N2O4S/c20-14(18-10-3-4-10)11-5-6-24-16(11)19-15(21)12-8-1-2-9(7-8)13(12)17(22)23/h1-2,5-6,8-10,12-13H,3-4,7H2,(H,18,20)(H,19,21)(H,22,23)/p-1/t8-,9-,12-,13+/m1/s1. The van der Waals surface area contributed by atoms with Crippen molar-refractivity contribution in [3.63, 3.8) is 0 Å². The fourth-order valence-electron chi connectivity index (χ4n) is 3.77. The highest BCUT2D eigenvalue weighted by Gasteiger charge is 2.48. The lowest BCUT2D eigenvalue weighted by Gasteiger charge is -2.27. The van der Waals surface area contributed by atoms with Crippen LogP contribution < -0.4 is 15.7 Å². The number of allylic oxidation sites excluding steroid dienone is 2. The number of thiophene rings is 1. The Morgan fingerprint density at radius 1 is 1.12 bits per heavy atom. The molecule has 1 aromatic heterocycles. The van der Waals surface area contributed by atoms with Crippen molar-refractivity contribution in [3.8, 4) is 0 Å². The van der Waals surface area contributed by atoms with Gasteiger partial charge in [-0.15, -0.1) is 11.3 Å². The predicted octanol–water partition coefficient (Wildman–Crippen LogP) is 0.767. The van der Waals surface area contributed by atoms with Gasteiger partial charge in [-0.2, -0.15) is 0 Å². The first kappa shape index (κ1) is 15.4. The van der Waals surface area contributed by atoms with Gasteiger partial charge in [0, 0.05) is 17.9 Å². The smallest absolute Gasteiger partial charge is 0.254 e. The van der Waals surface area contributed by atoms with E-state index >= 15 is 0 Å². The number of hydrogen-bond acceptors (Lipinski definition) is 5. The molecule has 3 aliphatic carbocycles. The summed E-state index contributed by atoms with van der Waals surface area (Å²) in [7, 11) is 0. The fraction of sp³-hybridized carbons (Fsp3) is 0.471. The molecule has 6 nitrogen and oxygen atoms in total. The van der Waals surface area contributed by atoms with Crippen LogP contribution >= 0.6 is 11.3 Å². The zero-order chi connectivity index (χ0) is 16.8. The Morgan fingerprint density at radius 3 is 2.50 bits per heavy atom. The quantitative estimate of drug-likeness (QED) is 0.770. The molecule has 24 heavy (non-hydrogen) atoms. The Hall–Kier alpha value is -2.15. The largest absolute Gasteiger partial charge is 0.550 e. The molecule has 1 aromatic rings. The van der Waals surface area contributed by atoms with Crippen LogP contribution in [0.2, 0.25) is 0 Å². The highest BCUT2D eigenvalue weighted by molar-refractivity contribution is 7.14. The zero-order valence-electron chi connectivity index (χ0n) is 12.9. The van der Waals surface area contributed by atoms with E-state index in [0.717, 1.165) is 12.8 Å². The summed E-state index contributed by atoms with van der Waals surface area (Å²) in [6, 6.07) is 1.91. The van der Waals surface area contributed by atoms with Crippen molar-refractivity contribution in [2.24, 2.45) is 23.7 Å². The SMILES string of the molecule is O=C(NC1CC1)c1ccsc1NC(=O)[C@H]1[C@@H](C(=O)[O-])[C@@H]2C=C[C@@H]1C2. The van der Waals surface area contributed by atoms with Crippen molar-refractivity contribution in [2.45, 2.75) is 25.3 Å². The molecule has 4 rings (SSSR count). The van der Waals surface area contributed by atoms with Gasteiger partial charge in [0.25, 0.3) is 5.91 Å². The van der Waals surface area contributed by atoms with Gasteiger partial charge in [-0.25, -0.2) is 0 Å². The first-order chi connectivity index (χ1) is 11.5. The monoisotopic (exact) mass is 345 g/mol. The summed E-state index contributed by atoms with van der Waals surface area (Å²) in [6.45, 7) is 0. The number of fused-ring (bicyclic) bond motifs is 2. The second-order valence-electron chi connectivity index (χ2n) is 6.72. The third-order valence-corrected chi connectivity index (χ3v) is 5.92. The van der Waals surface area contributed by atoms with Crippen LogP contribution in [0.5, 0.6) is 0 Å². The van der Waals surface area contributed by atoms with Gasteiger partial charge in [0.05, 0.1) is 11.5 Å². The van der Waals surface area contributed by atoms with Crippen LogP contribution in [-0.4, -0.2) is 23.8 Å². The Bertz CT molecular complexity index is 737. The van der Waals surface area contributed by atoms with Crippen LogP contribution in [0.25, 0.3) is 0 Å². The van der Waals surface area contributed by atoms with Crippen LogP contribution in [0.3, 0.4) is 0 Å². The lowest BCUT2D eigenvalue weighted by molar-refractivity contribution is -0.313. The first-order valence-corrected chi connectivity index (χ1v) is 9.01. The highest BCUT2D eigenvalue weighted by atomic mass is 32.1. The Labute approximate surface area is 142 Å². The third-order valence-electron chi connectivity index (χ3n) is 5.09. The van der Waals surface area contributed by atoms with Crippen molar-refractivity contribution in [1.82, 2.24) is 5.32 Å². The first-order valence-electron chi connectivity index (χ1n) is 8.13. The Morgan fingerprint density at radius 2 is 1.83 bits per heavy atom. The van der Waals surface area contributed by atoms with Crippen LogP contribution in [0.4, 0.5) is 5.00 Å². The van der Waals surface area contributed by atoms with Crippen molar-refractivity contribution < 1.29 is 19.5 Å². The van der Waals surface area contributed by atoms with Crippen LogP contribution in [-0.2, 0) is 9.59 Å². The van der Waals surface area contributed by atoms with Gasteiger partial charge >= 0.3 is 0 Å². The van der Waals surface area contributed by atoms with E-state index in [1.165, 1.54) is 11.3 Å².